The van der Waals surface area contributed by atoms with Gasteiger partial charge in [-0.05, 0) is 65.0 Å². The van der Waals surface area contributed by atoms with Crippen molar-refractivity contribution in [2.45, 2.75) is 71.6 Å². The van der Waals surface area contributed by atoms with Gasteiger partial charge in [-0.3, -0.25) is 4.79 Å². The van der Waals surface area contributed by atoms with Crippen LogP contribution >= 0.6 is 0 Å². The predicted molar refractivity (Wildman–Crippen MR) is 91.8 cm³/mol. The van der Waals surface area contributed by atoms with Crippen LogP contribution in [0.4, 0.5) is 0 Å². The van der Waals surface area contributed by atoms with Crippen LogP contribution in [0.25, 0.3) is 0 Å². The molecule has 0 saturated heterocycles. The Kier molecular flexibility index (Phi) is 5.69. The summed E-state index contributed by atoms with van der Waals surface area (Å²) in [5, 5.41) is 12.6. The molecule has 0 heterocycles. The number of carbonyl (C=O) groups is 1. The van der Waals surface area contributed by atoms with E-state index in [1.54, 1.807) is 0 Å². The van der Waals surface area contributed by atoms with E-state index in [4.69, 9.17) is 9.84 Å². The number of nitrogens with one attached hydrogen (secondary N) is 1. The lowest BCUT2D eigenvalue weighted by Crippen LogP contribution is -2.34. The first-order valence-electron chi connectivity index (χ1n) is 8.49. The second kappa shape index (κ2) is 7.35. The summed E-state index contributed by atoms with van der Waals surface area (Å²) in [6.45, 7) is 8.99. The average Bonchev–Trinajstić information content (AvgIpc) is 2.45. The Labute approximate surface area is 139 Å². The van der Waals surface area contributed by atoms with Crippen LogP contribution in [0.5, 0.6) is 5.75 Å². The second-order valence-corrected chi connectivity index (χ2v) is 7.59. The van der Waals surface area contributed by atoms with Gasteiger partial charge in [0.25, 0.3) is 0 Å². The Bertz CT molecular complexity index is 540. The summed E-state index contributed by atoms with van der Waals surface area (Å²) in [5.74, 6) is 0.124. The van der Waals surface area contributed by atoms with Crippen LogP contribution in [0, 0.1) is 12.8 Å². The van der Waals surface area contributed by atoms with E-state index in [9.17, 15) is 4.79 Å². The van der Waals surface area contributed by atoms with Crippen molar-refractivity contribution in [2.24, 2.45) is 5.92 Å². The molecular weight excluding hydrogens is 290 g/mol. The minimum absolute atomic E-state index is 0.160. The van der Waals surface area contributed by atoms with Gasteiger partial charge in [0.1, 0.15) is 11.4 Å². The molecule has 1 aromatic rings. The minimum Gasteiger partial charge on any atom is -0.488 e. The van der Waals surface area contributed by atoms with Gasteiger partial charge in [0, 0.05) is 18.2 Å². The molecule has 1 aromatic carbocycles. The fourth-order valence-electron chi connectivity index (χ4n) is 3.03. The van der Waals surface area contributed by atoms with Gasteiger partial charge in [-0.2, -0.15) is 0 Å². The van der Waals surface area contributed by atoms with Crippen LogP contribution < -0.4 is 10.1 Å². The van der Waals surface area contributed by atoms with Gasteiger partial charge in [0.05, 0.1) is 5.92 Å². The second-order valence-electron chi connectivity index (χ2n) is 7.59. The lowest BCUT2D eigenvalue weighted by atomic mass is 9.86. The summed E-state index contributed by atoms with van der Waals surface area (Å²) >= 11 is 0. The van der Waals surface area contributed by atoms with E-state index in [2.05, 4.69) is 51.2 Å². The highest BCUT2D eigenvalue weighted by molar-refractivity contribution is 5.70. The molecule has 23 heavy (non-hydrogen) atoms. The number of benzene rings is 1. The van der Waals surface area contributed by atoms with Gasteiger partial charge in [-0.15, -0.1) is 0 Å². The smallest absolute Gasteiger partial charge is 0.306 e. The molecule has 1 saturated carbocycles. The van der Waals surface area contributed by atoms with E-state index in [1.807, 2.05) is 0 Å². The maximum absolute atomic E-state index is 11.0. The van der Waals surface area contributed by atoms with Gasteiger partial charge in [-0.1, -0.05) is 12.1 Å². The molecule has 2 rings (SSSR count). The topological polar surface area (TPSA) is 58.6 Å². The van der Waals surface area contributed by atoms with E-state index in [0.717, 1.165) is 43.5 Å². The minimum atomic E-state index is -0.650. The van der Waals surface area contributed by atoms with Gasteiger partial charge in [0.15, 0.2) is 0 Å². The maximum atomic E-state index is 11.0. The predicted octanol–water partition coefficient (Wildman–Crippen LogP) is 3.91. The van der Waals surface area contributed by atoms with Crippen LogP contribution in [0.1, 0.15) is 57.6 Å². The van der Waals surface area contributed by atoms with Crippen molar-refractivity contribution in [1.29, 1.82) is 0 Å². The quantitative estimate of drug-likeness (QED) is 0.864. The molecule has 0 aliphatic heterocycles. The van der Waals surface area contributed by atoms with Crippen molar-refractivity contribution in [3.63, 3.8) is 0 Å². The zero-order valence-electron chi connectivity index (χ0n) is 14.7. The Morgan fingerprint density at radius 3 is 2.48 bits per heavy atom. The van der Waals surface area contributed by atoms with Gasteiger partial charge in [0.2, 0.25) is 0 Å². The van der Waals surface area contributed by atoms with Gasteiger partial charge >= 0.3 is 5.97 Å². The summed E-state index contributed by atoms with van der Waals surface area (Å²) in [6, 6.07) is 6.71. The number of carboxylic acid groups (broad SMARTS) is 1. The Morgan fingerprint density at radius 1 is 1.26 bits per heavy atom. The fourth-order valence-corrected chi connectivity index (χ4v) is 3.03. The van der Waals surface area contributed by atoms with Crippen molar-refractivity contribution < 1.29 is 14.6 Å². The van der Waals surface area contributed by atoms with E-state index in [1.165, 1.54) is 5.56 Å². The number of carboxylic acids is 1. The molecule has 1 aliphatic carbocycles. The molecule has 0 radical (unpaired) electrons. The third-order valence-corrected chi connectivity index (χ3v) is 4.30. The third-order valence-electron chi connectivity index (χ3n) is 4.30. The molecule has 0 unspecified atom stereocenters. The Morgan fingerprint density at radius 2 is 1.91 bits per heavy atom. The molecule has 2 N–H and O–H groups in total. The Hall–Kier alpha value is -1.55. The van der Waals surface area contributed by atoms with Gasteiger partial charge < -0.3 is 15.2 Å². The van der Waals surface area contributed by atoms with Crippen molar-refractivity contribution in [2.75, 3.05) is 0 Å². The van der Waals surface area contributed by atoms with Crippen LogP contribution in [0.3, 0.4) is 0 Å². The van der Waals surface area contributed by atoms with Crippen molar-refractivity contribution >= 4 is 5.97 Å². The molecule has 128 valence electrons. The van der Waals surface area contributed by atoms with Crippen molar-refractivity contribution in [3.05, 3.63) is 29.3 Å². The summed E-state index contributed by atoms with van der Waals surface area (Å²) in [5.41, 5.74) is 2.13. The summed E-state index contributed by atoms with van der Waals surface area (Å²) in [4.78, 5) is 11.0. The fraction of sp³-hybridized carbons (Fsp3) is 0.632. The van der Waals surface area contributed by atoms with E-state index in [-0.39, 0.29) is 11.5 Å². The highest BCUT2D eigenvalue weighted by Crippen LogP contribution is 2.27. The molecule has 1 aliphatic rings. The highest BCUT2D eigenvalue weighted by atomic mass is 16.5. The average molecular weight is 319 g/mol. The zero-order chi connectivity index (χ0) is 17.0. The van der Waals surface area contributed by atoms with Crippen molar-refractivity contribution in [1.82, 2.24) is 5.32 Å². The molecule has 4 heteroatoms. The number of aryl methyl sites for hydroxylation is 1. The molecule has 0 atom stereocenters. The maximum Gasteiger partial charge on any atom is 0.306 e. The number of rotatable bonds is 5. The summed E-state index contributed by atoms with van der Waals surface area (Å²) < 4.78 is 6.08. The lowest BCUT2D eigenvalue weighted by Gasteiger charge is -2.28. The van der Waals surface area contributed by atoms with Gasteiger partial charge in [-0.25, -0.2) is 0 Å². The normalized spacial score (nSPS) is 21.9. The molecule has 1 fully saturated rings. The molecular formula is C19H29NO3. The van der Waals surface area contributed by atoms with E-state index >= 15 is 0 Å². The molecule has 0 amide bonds. The number of aliphatic carboxylic acids is 1. The SMILES string of the molecule is Cc1ccc(CNC2CCC(C(=O)O)CC2)c(OC(C)(C)C)c1. The zero-order valence-corrected chi connectivity index (χ0v) is 14.7. The summed E-state index contributed by atoms with van der Waals surface area (Å²) in [6.07, 6.45) is 3.40. The number of hydrogen-bond donors (Lipinski definition) is 2. The number of hydrogen-bond acceptors (Lipinski definition) is 3. The first-order valence-corrected chi connectivity index (χ1v) is 8.49. The number of ether oxygens (including phenoxy) is 1. The third kappa shape index (κ3) is 5.54. The van der Waals surface area contributed by atoms with Crippen LogP contribution in [-0.4, -0.2) is 22.7 Å². The standard InChI is InChI=1S/C19H29NO3/c1-13-5-6-15(17(11-13)23-19(2,3)4)12-20-16-9-7-14(8-10-16)18(21)22/h5-6,11,14,16,20H,7-10,12H2,1-4H3,(H,21,22). The van der Waals surface area contributed by atoms with E-state index < -0.39 is 5.97 Å². The largest absolute Gasteiger partial charge is 0.488 e. The molecule has 4 nitrogen and oxygen atoms in total. The van der Waals surface area contributed by atoms with Crippen LogP contribution in [0.2, 0.25) is 0 Å². The lowest BCUT2D eigenvalue weighted by molar-refractivity contribution is -0.142. The van der Waals surface area contributed by atoms with Crippen LogP contribution in [0.15, 0.2) is 18.2 Å². The molecule has 0 spiro atoms. The Balaban J connectivity index is 1.94. The molecule has 0 aromatic heterocycles. The highest BCUT2D eigenvalue weighted by Gasteiger charge is 2.25. The van der Waals surface area contributed by atoms with Crippen molar-refractivity contribution in [3.8, 4) is 5.75 Å². The summed E-state index contributed by atoms with van der Waals surface area (Å²) in [7, 11) is 0. The monoisotopic (exact) mass is 319 g/mol. The van der Waals surface area contributed by atoms with Crippen LogP contribution in [-0.2, 0) is 11.3 Å². The first kappa shape index (κ1) is 17.8. The first-order chi connectivity index (χ1) is 10.7. The molecule has 0 bridgehead atoms. The van der Waals surface area contributed by atoms with E-state index in [0.29, 0.717) is 6.04 Å².